The van der Waals surface area contributed by atoms with E-state index in [9.17, 15) is 0 Å². The highest BCUT2D eigenvalue weighted by Gasteiger charge is 2.46. The summed E-state index contributed by atoms with van der Waals surface area (Å²) in [5, 5.41) is 0. The van der Waals surface area contributed by atoms with E-state index < -0.39 is 31.2 Å². The minimum atomic E-state index is -1.67. The second kappa shape index (κ2) is 28.5. The van der Waals surface area contributed by atoms with E-state index in [1.165, 1.54) is 66.8 Å². The van der Waals surface area contributed by atoms with Gasteiger partial charge in [-0.15, -0.1) is 0 Å². The summed E-state index contributed by atoms with van der Waals surface area (Å²) in [6.45, 7) is 44.5. The number of hydrogen-bond acceptors (Lipinski definition) is 9. The largest absolute Gasteiger partial charge is 0.462 e. The van der Waals surface area contributed by atoms with Crippen molar-refractivity contribution < 1.29 is 40.7 Å². The number of fused-ring (bicyclic) bond motifs is 2. The van der Waals surface area contributed by atoms with Gasteiger partial charge in [-0.05, 0) is 96.4 Å². The molecule has 0 bridgehead atoms. The van der Waals surface area contributed by atoms with Crippen LogP contribution < -0.4 is 18.1 Å². The fourth-order valence-corrected chi connectivity index (χ4v) is 16.3. The summed E-state index contributed by atoms with van der Waals surface area (Å²) in [4.78, 5) is 0. The fraction of sp³-hybridized carbons (Fsp3) is 0.422. The van der Waals surface area contributed by atoms with E-state index in [0.717, 1.165) is 47.0 Å². The maximum Gasteiger partial charge on any atom is 0.462 e. The van der Waals surface area contributed by atoms with Gasteiger partial charge in [-0.25, -0.2) is 0 Å². The molecular formula is C83H103O9P3. The smallest absolute Gasteiger partial charge is 0.426 e. The Bertz CT molecular complexity index is 3710. The van der Waals surface area contributed by atoms with Crippen LogP contribution in [0.15, 0.2) is 182 Å². The molecule has 3 aliphatic heterocycles. The average molecular weight is 1340 g/mol. The van der Waals surface area contributed by atoms with E-state index in [0.29, 0.717) is 32.3 Å². The van der Waals surface area contributed by atoms with Crippen LogP contribution in [0.5, 0.6) is 23.0 Å². The Labute approximate surface area is 573 Å². The van der Waals surface area contributed by atoms with Crippen molar-refractivity contribution in [1.29, 1.82) is 0 Å². The second-order valence-electron chi connectivity index (χ2n) is 31.9. The lowest BCUT2D eigenvalue weighted by Crippen LogP contribution is -2.45. The highest BCUT2D eigenvalue weighted by molar-refractivity contribution is 7.43. The molecule has 1 atom stereocenters. The van der Waals surface area contributed by atoms with Gasteiger partial charge in [0.05, 0.1) is 31.8 Å². The molecule has 3 heterocycles. The molecule has 0 amide bonds. The van der Waals surface area contributed by atoms with Crippen molar-refractivity contribution in [2.75, 3.05) is 33.5 Å². The van der Waals surface area contributed by atoms with Crippen molar-refractivity contribution >= 4 is 25.8 Å². The van der Waals surface area contributed by atoms with Crippen LogP contribution in [0.2, 0.25) is 0 Å². The molecule has 0 N–H and O–H groups in total. The van der Waals surface area contributed by atoms with E-state index in [4.69, 9.17) is 40.7 Å². The van der Waals surface area contributed by atoms with Crippen molar-refractivity contribution in [3.05, 3.63) is 260 Å². The van der Waals surface area contributed by atoms with Crippen LogP contribution in [0.3, 0.4) is 0 Å². The normalized spacial score (nSPS) is 18.9. The minimum Gasteiger partial charge on any atom is -0.426 e. The molecule has 95 heavy (non-hydrogen) atoms. The van der Waals surface area contributed by atoms with Gasteiger partial charge in [0.1, 0.15) is 23.0 Å². The van der Waals surface area contributed by atoms with Crippen LogP contribution in [-0.4, -0.2) is 33.5 Å². The van der Waals surface area contributed by atoms with Crippen LogP contribution in [0, 0.1) is 11.3 Å². The van der Waals surface area contributed by atoms with Crippen molar-refractivity contribution in [1.82, 2.24) is 0 Å². The van der Waals surface area contributed by atoms with Crippen LogP contribution in [0.4, 0.5) is 0 Å². The topological polar surface area (TPSA) is 83.1 Å². The summed E-state index contributed by atoms with van der Waals surface area (Å²) in [6, 6.07) is 64.9. The Morgan fingerprint density at radius 2 is 0.716 bits per heavy atom. The van der Waals surface area contributed by atoms with Gasteiger partial charge in [0.25, 0.3) is 0 Å². The van der Waals surface area contributed by atoms with Crippen molar-refractivity contribution in [3.63, 3.8) is 0 Å². The third-order valence-corrected chi connectivity index (χ3v) is 22.4. The van der Waals surface area contributed by atoms with Crippen molar-refractivity contribution in [2.45, 2.75) is 182 Å². The van der Waals surface area contributed by atoms with Crippen LogP contribution in [-0.2, 0) is 73.4 Å². The van der Waals surface area contributed by atoms with E-state index in [1.54, 1.807) is 7.11 Å². The Kier molecular flexibility index (Phi) is 21.5. The van der Waals surface area contributed by atoms with Crippen LogP contribution in [0.1, 0.15) is 209 Å². The van der Waals surface area contributed by atoms with Crippen molar-refractivity contribution in [2.24, 2.45) is 11.3 Å². The number of benzene rings is 8. The van der Waals surface area contributed by atoms with Gasteiger partial charge in [0, 0.05) is 57.4 Å². The molecule has 8 aromatic carbocycles. The summed E-state index contributed by atoms with van der Waals surface area (Å²) < 4.78 is 57.8. The maximum atomic E-state index is 6.66. The maximum absolute atomic E-state index is 6.66. The van der Waals surface area contributed by atoms with E-state index in [1.807, 2.05) is 0 Å². The minimum absolute atomic E-state index is 0.0405. The Morgan fingerprint density at radius 1 is 0.368 bits per heavy atom. The molecule has 0 saturated carbocycles. The lowest BCUT2D eigenvalue weighted by atomic mass is 9.73. The lowest BCUT2D eigenvalue weighted by Gasteiger charge is -2.41. The van der Waals surface area contributed by atoms with Crippen LogP contribution >= 0.6 is 25.8 Å². The van der Waals surface area contributed by atoms with E-state index in [2.05, 4.69) is 314 Å². The number of hydrogen-bond donors (Lipinski definition) is 0. The second-order valence-corrected chi connectivity index (χ2v) is 35.3. The first-order valence-electron chi connectivity index (χ1n) is 33.7. The van der Waals surface area contributed by atoms with Gasteiger partial charge in [0.15, 0.2) is 0 Å². The number of rotatable bonds is 15. The zero-order chi connectivity index (χ0) is 68.5. The quantitative estimate of drug-likeness (QED) is 0.0932. The van der Waals surface area contributed by atoms with Gasteiger partial charge < -0.3 is 36.2 Å². The van der Waals surface area contributed by atoms with Gasteiger partial charge >= 0.3 is 25.8 Å². The predicted molar refractivity (Wildman–Crippen MR) is 394 cm³/mol. The first-order valence-corrected chi connectivity index (χ1v) is 37.0. The molecule has 1 spiro atoms. The molecule has 504 valence electrons. The molecule has 0 aliphatic carbocycles. The van der Waals surface area contributed by atoms with Gasteiger partial charge in [-0.1, -0.05) is 301 Å². The lowest BCUT2D eigenvalue weighted by molar-refractivity contribution is -0.0673. The first kappa shape index (κ1) is 71.8. The predicted octanol–water partition coefficient (Wildman–Crippen LogP) is 23.0. The molecule has 2 saturated heterocycles. The third-order valence-electron chi connectivity index (χ3n) is 19.4. The molecular weight excluding hydrogens is 1230 g/mol. The Morgan fingerprint density at radius 3 is 1.06 bits per heavy atom. The first-order chi connectivity index (χ1) is 44.7. The standard InChI is InChI=1S/C53H58O6P2.C30H45O3P/c1-49(2,39-21-13-9-14-22-39)43-29-31-47(45(33-43)51(5,6)41-25-17-11-18-26-41)58-60-54-35-53(36-55-60)37-56-61(57-38-53)59-48-32-30-44(50(3,4)40-23-15-10-16-24-40)34-46(48)52(7,8)42-27-19-12-20-28-42;1-19(2)13-20-14-21-16-22-17-23(28(3,4)5)18-25(30(9,10)11)27(22)33-34(31-12)32-26(21)24(15-20)29(6,7)8/h9-34H,35-38H2,1-8H3;14-15,17-19H,13,16H2,1-12H3. The fourth-order valence-electron chi connectivity index (χ4n) is 12.9. The Balaban J connectivity index is 0.000000245. The molecule has 0 radical (unpaired) electrons. The summed E-state index contributed by atoms with van der Waals surface area (Å²) in [6.07, 6.45) is 1.83. The highest BCUT2D eigenvalue weighted by atomic mass is 31.2. The Hall–Kier alpha value is -5.95. The van der Waals surface area contributed by atoms with Crippen LogP contribution in [0.25, 0.3) is 0 Å². The SMILES string of the molecule is CC(C)(c1ccccc1)c1ccc(OP2OCC3(CO2)COP(Oc2ccc(C(C)(C)c4ccccc4)cc2C(C)(C)c2ccccc2)OC3)c(C(C)(C)c2ccccc2)c1.COP1Oc2c(cc(CC(C)C)cc2C(C)(C)C)Cc2cc(C(C)(C)C)cc(C(C)(C)C)c2O1. The molecule has 0 aromatic heterocycles. The average Bonchev–Trinajstić information content (AvgIpc) is 0.772. The molecule has 2 fully saturated rings. The zero-order valence-corrected chi connectivity index (χ0v) is 62.8. The summed E-state index contributed by atoms with van der Waals surface area (Å²) in [5.41, 5.74) is 15.3. The van der Waals surface area contributed by atoms with Gasteiger partial charge in [-0.2, -0.15) is 0 Å². The molecule has 11 rings (SSSR count). The highest BCUT2D eigenvalue weighted by Crippen LogP contribution is 2.57. The molecule has 1 unspecified atom stereocenters. The van der Waals surface area contributed by atoms with Gasteiger partial charge in [-0.3, -0.25) is 4.52 Å². The molecule has 12 heteroatoms. The zero-order valence-electron chi connectivity index (χ0n) is 60.2. The van der Waals surface area contributed by atoms with E-state index in [-0.39, 0.29) is 37.9 Å². The van der Waals surface area contributed by atoms with Gasteiger partial charge in [0.2, 0.25) is 0 Å². The molecule has 8 aromatic rings. The summed E-state index contributed by atoms with van der Waals surface area (Å²) in [5.74, 6) is 3.95. The molecule has 9 nitrogen and oxygen atoms in total. The third kappa shape index (κ3) is 16.3. The summed E-state index contributed by atoms with van der Waals surface area (Å²) >= 11 is 0. The van der Waals surface area contributed by atoms with Crippen molar-refractivity contribution in [3.8, 4) is 23.0 Å². The summed E-state index contributed by atoms with van der Waals surface area (Å²) in [7, 11) is -3.24. The monoisotopic (exact) mass is 1340 g/mol. The van der Waals surface area contributed by atoms with E-state index >= 15 is 0 Å². The molecule has 3 aliphatic rings.